The predicted molar refractivity (Wildman–Crippen MR) is 89.8 cm³/mol. The number of esters is 1. The number of sulfonamides is 1. The molecular weight excluding hydrogens is 350 g/mol. The van der Waals surface area contributed by atoms with E-state index in [1.165, 1.54) is 22.8 Å². The third kappa shape index (κ3) is 3.13. The van der Waals surface area contributed by atoms with E-state index in [2.05, 4.69) is 9.97 Å². The Balaban J connectivity index is 2.03. The van der Waals surface area contributed by atoms with E-state index in [0.29, 0.717) is 23.7 Å². The van der Waals surface area contributed by atoms with Crippen LogP contribution in [0.4, 0.5) is 5.00 Å². The summed E-state index contributed by atoms with van der Waals surface area (Å²) < 4.78 is 32.2. The van der Waals surface area contributed by atoms with Crippen molar-refractivity contribution in [1.82, 2.24) is 9.97 Å². The van der Waals surface area contributed by atoms with Gasteiger partial charge in [0.25, 0.3) is 10.0 Å². The molecule has 0 aromatic carbocycles. The van der Waals surface area contributed by atoms with Crippen LogP contribution in [0.1, 0.15) is 35.3 Å². The van der Waals surface area contributed by atoms with Crippen molar-refractivity contribution in [2.24, 2.45) is 0 Å². The van der Waals surface area contributed by atoms with Crippen molar-refractivity contribution < 1.29 is 17.9 Å². The summed E-state index contributed by atoms with van der Waals surface area (Å²) in [5.74, 6) is -0.519. The van der Waals surface area contributed by atoms with Crippen LogP contribution in [0.3, 0.4) is 0 Å². The number of carbonyl (C=O) groups excluding carboxylic acids is 1. The molecule has 0 saturated heterocycles. The van der Waals surface area contributed by atoms with Crippen LogP contribution in [0.15, 0.2) is 29.4 Å². The zero-order valence-corrected chi connectivity index (χ0v) is 14.8. The number of aromatic nitrogens is 2. The van der Waals surface area contributed by atoms with Gasteiger partial charge in [-0.2, -0.15) is 0 Å². The molecule has 0 radical (unpaired) electrons. The minimum absolute atomic E-state index is 0.129. The van der Waals surface area contributed by atoms with Crippen molar-refractivity contribution in [3.63, 3.8) is 0 Å². The maximum Gasteiger partial charge on any atom is 0.367 e. The van der Waals surface area contributed by atoms with E-state index in [0.717, 1.165) is 24.2 Å². The van der Waals surface area contributed by atoms with Crippen molar-refractivity contribution >= 4 is 32.3 Å². The van der Waals surface area contributed by atoms with Gasteiger partial charge in [0.2, 0.25) is 5.01 Å². The van der Waals surface area contributed by atoms with E-state index >= 15 is 0 Å². The van der Waals surface area contributed by atoms with Crippen molar-refractivity contribution in [2.45, 2.75) is 31.1 Å². The average Bonchev–Trinajstić information content (AvgIpc) is 2.89. The summed E-state index contributed by atoms with van der Waals surface area (Å²) in [4.78, 5) is 20.3. The Bertz CT molecular complexity index is 834. The maximum atomic E-state index is 13.0. The van der Waals surface area contributed by atoms with Crippen LogP contribution in [0.2, 0.25) is 0 Å². The standard InChI is InChI=1S/C15H17N3O4S2/c1-2-22-15(19)13-17-12-7-3-4-9-18(14(12)23-13)24(20,21)11-6-5-8-16-10-11/h5-6,8,10H,2-4,7,9H2,1H3. The summed E-state index contributed by atoms with van der Waals surface area (Å²) >= 11 is 1.07. The molecule has 3 rings (SSSR count). The molecule has 0 fully saturated rings. The van der Waals surface area contributed by atoms with Crippen molar-refractivity contribution in [3.8, 4) is 0 Å². The number of thiazole rings is 1. The number of aryl methyl sites for hydroxylation is 1. The molecule has 2 aromatic heterocycles. The van der Waals surface area contributed by atoms with Crippen LogP contribution in [-0.4, -0.2) is 37.5 Å². The van der Waals surface area contributed by atoms with Crippen LogP contribution >= 0.6 is 11.3 Å². The molecular formula is C15H17N3O4S2. The summed E-state index contributed by atoms with van der Waals surface area (Å²) in [6, 6.07) is 3.10. The van der Waals surface area contributed by atoms with Crippen LogP contribution in [0.5, 0.6) is 0 Å². The molecule has 128 valence electrons. The second-order valence-corrected chi connectivity index (χ2v) is 8.05. The van der Waals surface area contributed by atoms with Crippen LogP contribution in [0, 0.1) is 0 Å². The van der Waals surface area contributed by atoms with Gasteiger partial charge in [0, 0.05) is 18.9 Å². The highest BCUT2D eigenvalue weighted by molar-refractivity contribution is 7.93. The fourth-order valence-corrected chi connectivity index (χ4v) is 5.23. The normalized spacial score (nSPS) is 14.8. The summed E-state index contributed by atoms with van der Waals surface area (Å²) in [6.07, 6.45) is 5.05. The zero-order valence-electron chi connectivity index (χ0n) is 13.1. The third-order valence-electron chi connectivity index (χ3n) is 3.60. The number of nitrogens with zero attached hydrogens (tertiary/aromatic N) is 3. The van der Waals surface area contributed by atoms with Gasteiger partial charge in [0.1, 0.15) is 9.90 Å². The Morgan fingerprint density at radius 3 is 2.96 bits per heavy atom. The molecule has 0 spiro atoms. The first-order valence-corrected chi connectivity index (χ1v) is 9.89. The highest BCUT2D eigenvalue weighted by Crippen LogP contribution is 2.36. The number of anilines is 1. The first-order valence-electron chi connectivity index (χ1n) is 7.63. The zero-order chi connectivity index (χ0) is 17.2. The Labute approximate surface area is 144 Å². The molecule has 0 unspecified atom stereocenters. The summed E-state index contributed by atoms with van der Waals surface area (Å²) in [6.45, 7) is 2.32. The maximum absolute atomic E-state index is 13.0. The Morgan fingerprint density at radius 1 is 1.42 bits per heavy atom. The number of carbonyl (C=O) groups is 1. The quantitative estimate of drug-likeness (QED) is 0.770. The second kappa shape index (κ2) is 6.86. The lowest BCUT2D eigenvalue weighted by Crippen LogP contribution is -2.31. The van der Waals surface area contributed by atoms with E-state index in [1.54, 1.807) is 13.0 Å². The highest BCUT2D eigenvalue weighted by Gasteiger charge is 2.32. The number of rotatable bonds is 4. The number of hydrogen-bond donors (Lipinski definition) is 0. The molecule has 7 nitrogen and oxygen atoms in total. The molecule has 2 aromatic rings. The van der Waals surface area contributed by atoms with Gasteiger partial charge in [-0.05, 0) is 38.3 Å². The lowest BCUT2D eigenvalue weighted by atomic mass is 10.2. The second-order valence-electron chi connectivity index (χ2n) is 5.21. The molecule has 1 aliphatic heterocycles. The fourth-order valence-electron chi connectivity index (χ4n) is 2.49. The van der Waals surface area contributed by atoms with E-state index < -0.39 is 16.0 Å². The summed E-state index contributed by atoms with van der Waals surface area (Å²) in [5.41, 5.74) is 0.632. The van der Waals surface area contributed by atoms with Crippen LogP contribution < -0.4 is 4.31 Å². The van der Waals surface area contributed by atoms with Crippen molar-refractivity contribution in [2.75, 3.05) is 17.5 Å². The smallest absolute Gasteiger partial charge is 0.367 e. The third-order valence-corrected chi connectivity index (χ3v) is 6.60. The molecule has 9 heteroatoms. The first-order chi connectivity index (χ1) is 11.5. The predicted octanol–water partition coefficient (Wildman–Crippen LogP) is 2.25. The SMILES string of the molecule is CCOC(=O)c1nc2c(s1)N(S(=O)(=O)c1cccnc1)CCCC2. The van der Waals surface area contributed by atoms with Gasteiger partial charge >= 0.3 is 5.97 Å². The minimum atomic E-state index is -3.73. The fraction of sp³-hybridized carbons (Fsp3) is 0.400. The van der Waals surface area contributed by atoms with Gasteiger partial charge in [0.05, 0.1) is 12.3 Å². The summed E-state index contributed by atoms with van der Waals surface area (Å²) in [5, 5.41) is 0.689. The Morgan fingerprint density at radius 2 is 2.25 bits per heavy atom. The highest BCUT2D eigenvalue weighted by atomic mass is 32.2. The molecule has 0 N–H and O–H groups in total. The topological polar surface area (TPSA) is 89.5 Å². The lowest BCUT2D eigenvalue weighted by molar-refractivity contribution is 0.0525. The minimum Gasteiger partial charge on any atom is -0.461 e. The average molecular weight is 367 g/mol. The molecule has 0 saturated carbocycles. The van der Waals surface area contributed by atoms with Gasteiger partial charge < -0.3 is 4.74 Å². The van der Waals surface area contributed by atoms with Crippen LogP contribution in [0.25, 0.3) is 0 Å². The van der Waals surface area contributed by atoms with Gasteiger partial charge in [-0.1, -0.05) is 11.3 Å². The molecule has 0 amide bonds. The molecule has 1 aliphatic rings. The lowest BCUT2D eigenvalue weighted by Gasteiger charge is -2.21. The van der Waals surface area contributed by atoms with E-state index in [9.17, 15) is 13.2 Å². The number of ether oxygens (including phenoxy) is 1. The molecule has 0 atom stereocenters. The van der Waals surface area contributed by atoms with Gasteiger partial charge in [-0.15, -0.1) is 0 Å². The molecule has 3 heterocycles. The van der Waals surface area contributed by atoms with Crippen molar-refractivity contribution in [3.05, 3.63) is 35.2 Å². The number of fused-ring (bicyclic) bond motifs is 1. The Hall–Kier alpha value is -2.00. The van der Waals surface area contributed by atoms with Gasteiger partial charge in [-0.25, -0.2) is 18.2 Å². The van der Waals surface area contributed by atoms with E-state index in [1.807, 2.05) is 0 Å². The van der Waals surface area contributed by atoms with Crippen molar-refractivity contribution in [1.29, 1.82) is 0 Å². The molecule has 24 heavy (non-hydrogen) atoms. The van der Waals surface area contributed by atoms with Gasteiger partial charge in [-0.3, -0.25) is 9.29 Å². The largest absolute Gasteiger partial charge is 0.461 e. The molecule has 0 bridgehead atoms. The van der Waals surface area contributed by atoms with E-state index in [-0.39, 0.29) is 16.5 Å². The monoisotopic (exact) mass is 367 g/mol. The number of hydrogen-bond acceptors (Lipinski definition) is 7. The van der Waals surface area contributed by atoms with E-state index in [4.69, 9.17) is 4.74 Å². The first kappa shape index (κ1) is 16.8. The molecule has 0 aliphatic carbocycles. The summed E-state index contributed by atoms with van der Waals surface area (Å²) in [7, 11) is -3.73. The Kier molecular flexibility index (Phi) is 4.81. The number of pyridine rings is 1. The van der Waals surface area contributed by atoms with Gasteiger partial charge in [0.15, 0.2) is 0 Å². The van der Waals surface area contributed by atoms with Crippen LogP contribution in [-0.2, 0) is 21.2 Å².